The van der Waals surface area contributed by atoms with Crippen LogP contribution in [0, 0.1) is 0 Å². The van der Waals surface area contributed by atoms with Crippen molar-refractivity contribution >= 4 is 18.0 Å². The zero-order valence-electron chi connectivity index (χ0n) is 16.5. The van der Waals surface area contributed by atoms with E-state index in [1.54, 1.807) is 43.6 Å². The van der Waals surface area contributed by atoms with Crippen LogP contribution >= 0.6 is 0 Å². The van der Waals surface area contributed by atoms with Crippen LogP contribution in [0.15, 0.2) is 59.6 Å². The quantitative estimate of drug-likeness (QED) is 0.598. The van der Waals surface area contributed by atoms with Crippen molar-refractivity contribution < 1.29 is 24.2 Å². The molecule has 0 fully saturated rings. The van der Waals surface area contributed by atoms with E-state index in [0.717, 1.165) is 5.56 Å². The number of aromatic hydroxyl groups is 1. The van der Waals surface area contributed by atoms with Crippen LogP contribution in [0.1, 0.15) is 25.0 Å². The van der Waals surface area contributed by atoms with E-state index in [-0.39, 0.29) is 29.3 Å². The highest BCUT2D eigenvalue weighted by Gasteiger charge is 2.37. The Morgan fingerprint density at radius 3 is 2.72 bits per heavy atom. The number of hydrogen-bond acceptors (Lipinski definition) is 6. The Hall–Kier alpha value is -3.61. The molecule has 2 heterocycles. The Kier molecular flexibility index (Phi) is 5.97. The maximum absolute atomic E-state index is 13.2. The number of pyridine rings is 1. The fraction of sp³-hybridized carbons (Fsp3) is 0.227. The molecule has 29 heavy (non-hydrogen) atoms. The largest absolute Gasteiger partial charge is 0.504 e. The van der Waals surface area contributed by atoms with Crippen LogP contribution in [0.2, 0.25) is 0 Å². The van der Waals surface area contributed by atoms with Gasteiger partial charge in [-0.15, -0.1) is 0 Å². The van der Waals surface area contributed by atoms with Gasteiger partial charge in [-0.3, -0.25) is 9.78 Å². The second-order valence-electron chi connectivity index (χ2n) is 6.39. The van der Waals surface area contributed by atoms with E-state index < -0.39 is 5.97 Å². The maximum Gasteiger partial charge on any atom is 0.340 e. The molecule has 0 bridgehead atoms. The average Bonchev–Trinajstić information content (AvgIpc) is 2.95. The third-order valence-corrected chi connectivity index (χ3v) is 4.59. The highest BCUT2D eigenvalue weighted by atomic mass is 16.5. The number of esters is 1. The van der Waals surface area contributed by atoms with Crippen LogP contribution in [0.4, 0.5) is 0 Å². The lowest BCUT2D eigenvalue weighted by Crippen LogP contribution is -2.24. The fourth-order valence-corrected chi connectivity index (χ4v) is 3.18. The number of benzene rings is 1. The molecule has 0 aliphatic carbocycles. The molecule has 1 N–H and O–H groups in total. The first-order valence-corrected chi connectivity index (χ1v) is 9.14. The lowest BCUT2D eigenvalue weighted by atomic mass is 10.0. The number of para-hydroxylation sites is 1. The predicted octanol–water partition coefficient (Wildman–Crippen LogP) is 3.06. The van der Waals surface area contributed by atoms with Crippen molar-refractivity contribution in [3.63, 3.8) is 0 Å². The van der Waals surface area contributed by atoms with Gasteiger partial charge in [0.15, 0.2) is 11.5 Å². The topological polar surface area (TPSA) is 89.0 Å². The number of ether oxygens (including phenoxy) is 2. The molecule has 3 rings (SSSR count). The first kappa shape index (κ1) is 20.1. The van der Waals surface area contributed by atoms with E-state index in [1.807, 2.05) is 13.0 Å². The van der Waals surface area contributed by atoms with Crippen molar-refractivity contribution in [3.05, 3.63) is 70.7 Å². The van der Waals surface area contributed by atoms with Gasteiger partial charge in [0.1, 0.15) is 0 Å². The Morgan fingerprint density at radius 2 is 2.07 bits per heavy atom. The number of carbonyl (C=O) groups is 2. The number of hydrogen-bond donors (Lipinski definition) is 1. The number of methoxy groups -OCH3 is 1. The van der Waals surface area contributed by atoms with E-state index >= 15 is 0 Å². The van der Waals surface area contributed by atoms with Crippen LogP contribution in [0.3, 0.4) is 0 Å². The molecule has 150 valence electrons. The van der Waals surface area contributed by atoms with Crippen molar-refractivity contribution in [2.45, 2.75) is 20.4 Å². The van der Waals surface area contributed by atoms with Crippen molar-refractivity contribution in [2.24, 2.45) is 0 Å². The van der Waals surface area contributed by atoms with Gasteiger partial charge in [0.25, 0.3) is 5.91 Å². The summed E-state index contributed by atoms with van der Waals surface area (Å²) >= 11 is 0. The van der Waals surface area contributed by atoms with E-state index in [0.29, 0.717) is 23.6 Å². The lowest BCUT2D eigenvalue weighted by molar-refractivity contribution is -0.136. The molecular weight excluding hydrogens is 372 g/mol. The molecule has 1 aromatic carbocycles. The van der Waals surface area contributed by atoms with Gasteiger partial charge in [-0.05, 0) is 37.6 Å². The summed E-state index contributed by atoms with van der Waals surface area (Å²) < 4.78 is 10.3. The highest BCUT2D eigenvalue weighted by molar-refractivity contribution is 6.16. The summed E-state index contributed by atoms with van der Waals surface area (Å²) in [5.74, 6) is -0.758. The molecule has 1 amide bonds. The number of rotatable bonds is 6. The molecule has 1 aromatic heterocycles. The molecule has 0 radical (unpaired) electrons. The molecule has 0 unspecified atom stereocenters. The third kappa shape index (κ3) is 3.99. The highest BCUT2D eigenvalue weighted by Crippen LogP contribution is 2.36. The standard InChI is InChI=1S/C22H22N2O5/c1-4-29-18-9-5-8-16(20(18)25)11-17-19(22(27)28-3)14(2)24(21(17)26)13-15-7-6-10-23-12-15/h5-12,25H,4,13H2,1-3H3/b17-11-. The minimum atomic E-state index is -0.615. The van der Waals surface area contributed by atoms with Gasteiger partial charge in [-0.25, -0.2) is 4.79 Å². The molecule has 0 saturated carbocycles. The van der Waals surface area contributed by atoms with E-state index in [1.165, 1.54) is 18.1 Å². The van der Waals surface area contributed by atoms with Crippen molar-refractivity contribution in [3.8, 4) is 11.5 Å². The first-order valence-electron chi connectivity index (χ1n) is 9.14. The number of amides is 1. The molecule has 0 saturated heterocycles. The fourth-order valence-electron chi connectivity index (χ4n) is 3.18. The smallest absolute Gasteiger partial charge is 0.340 e. The molecule has 2 aromatic rings. The van der Waals surface area contributed by atoms with Gasteiger partial charge in [0.05, 0.1) is 31.4 Å². The Balaban J connectivity index is 2.06. The lowest BCUT2D eigenvalue weighted by Gasteiger charge is -2.17. The normalized spacial score (nSPS) is 15.2. The summed E-state index contributed by atoms with van der Waals surface area (Å²) in [5.41, 5.74) is 2.01. The number of phenols is 1. The zero-order chi connectivity index (χ0) is 21.0. The second-order valence-corrected chi connectivity index (χ2v) is 6.39. The summed E-state index contributed by atoms with van der Waals surface area (Å²) in [4.78, 5) is 31.1. The number of aromatic nitrogens is 1. The Morgan fingerprint density at radius 1 is 1.28 bits per heavy atom. The number of allylic oxidation sites excluding steroid dienone is 1. The van der Waals surface area contributed by atoms with Gasteiger partial charge in [-0.1, -0.05) is 18.2 Å². The van der Waals surface area contributed by atoms with Crippen molar-refractivity contribution in [2.75, 3.05) is 13.7 Å². The van der Waals surface area contributed by atoms with Gasteiger partial charge >= 0.3 is 5.97 Å². The van der Waals surface area contributed by atoms with Gasteiger partial charge in [0.2, 0.25) is 0 Å². The number of nitrogens with zero attached hydrogens (tertiary/aromatic N) is 2. The Labute approximate surface area is 168 Å². The summed E-state index contributed by atoms with van der Waals surface area (Å²) in [6, 6.07) is 8.62. The van der Waals surface area contributed by atoms with Gasteiger partial charge < -0.3 is 19.5 Å². The molecule has 7 heteroatoms. The van der Waals surface area contributed by atoms with E-state index in [2.05, 4.69) is 4.98 Å². The summed E-state index contributed by atoms with van der Waals surface area (Å²) in [6.45, 7) is 4.15. The summed E-state index contributed by atoms with van der Waals surface area (Å²) in [6.07, 6.45) is 4.80. The zero-order valence-corrected chi connectivity index (χ0v) is 16.5. The Bertz CT molecular complexity index is 996. The molecule has 0 spiro atoms. The molecule has 0 atom stereocenters. The van der Waals surface area contributed by atoms with Crippen LogP contribution < -0.4 is 4.74 Å². The van der Waals surface area contributed by atoms with Crippen LogP contribution in [-0.4, -0.2) is 40.6 Å². The molecular formula is C22H22N2O5. The number of carbonyl (C=O) groups excluding carboxylic acids is 2. The summed E-state index contributed by atoms with van der Waals surface area (Å²) in [5, 5.41) is 10.5. The second kappa shape index (κ2) is 8.60. The maximum atomic E-state index is 13.2. The first-order chi connectivity index (χ1) is 14.0. The minimum Gasteiger partial charge on any atom is -0.504 e. The number of phenolic OH excluding ortho intramolecular Hbond substituents is 1. The van der Waals surface area contributed by atoms with Gasteiger partial charge in [-0.2, -0.15) is 0 Å². The summed E-state index contributed by atoms with van der Waals surface area (Å²) in [7, 11) is 1.27. The molecule has 7 nitrogen and oxygen atoms in total. The molecule has 1 aliphatic rings. The predicted molar refractivity (Wildman–Crippen MR) is 107 cm³/mol. The van der Waals surface area contributed by atoms with E-state index in [9.17, 15) is 14.7 Å². The van der Waals surface area contributed by atoms with E-state index in [4.69, 9.17) is 9.47 Å². The van der Waals surface area contributed by atoms with Crippen LogP contribution in [0.25, 0.3) is 6.08 Å². The van der Waals surface area contributed by atoms with Crippen LogP contribution in [-0.2, 0) is 20.9 Å². The third-order valence-electron chi connectivity index (χ3n) is 4.59. The SMILES string of the molecule is CCOc1cccc(/C=C2\C(=O)N(Cc3cccnc3)C(C)=C2C(=O)OC)c1O. The van der Waals surface area contributed by atoms with Gasteiger partial charge in [0, 0.05) is 23.7 Å². The van der Waals surface area contributed by atoms with Crippen LogP contribution in [0.5, 0.6) is 11.5 Å². The minimum absolute atomic E-state index is 0.0952. The van der Waals surface area contributed by atoms with Crippen molar-refractivity contribution in [1.82, 2.24) is 9.88 Å². The average molecular weight is 394 g/mol. The molecule has 1 aliphatic heterocycles. The van der Waals surface area contributed by atoms with Crippen molar-refractivity contribution in [1.29, 1.82) is 0 Å². The monoisotopic (exact) mass is 394 g/mol.